The standard InChI is InChI=1S/C4H12O4S/c1-4(2)3-9(5,6,7)8/h4H,3H2,1-2H3,(H3,5,6,7,8). The zero-order valence-corrected chi connectivity index (χ0v) is 6.26. The van der Waals surface area contributed by atoms with Crippen molar-refractivity contribution in [3.05, 3.63) is 0 Å². The minimum atomic E-state index is -5.20. The fourth-order valence-corrected chi connectivity index (χ4v) is 1.75. The summed E-state index contributed by atoms with van der Waals surface area (Å²) in [6.45, 7) is 3.24. The van der Waals surface area contributed by atoms with Crippen LogP contribution in [0.3, 0.4) is 0 Å². The van der Waals surface area contributed by atoms with E-state index in [0.29, 0.717) is 0 Å². The molecular weight excluding hydrogens is 144 g/mol. The molecule has 0 aromatic rings. The average Bonchev–Trinajstić information content (AvgIpc) is 1.16. The highest BCUT2D eigenvalue weighted by Crippen LogP contribution is 2.14. The maximum atomic E-state index is 10.3. The van der Waals surface area contributed by atoms with Crippen molar-refractivity contribution in [2.24, 2.45) is 5.92 Å². The maximum Gasteiger partial charge on any atom is 0.186 e. The fourth-order valence-electron chi connectivity index (χ4n) is 0.583. The van der Waals surface area contributed by atoms with Gasteiger partial charge in [0.15, 0.2) is 9.91 Å². The molecular formula is C4H12O4S. The third-order valence-corrected chi connectivity index (χ3v) is 1.87. The highest BCUT2D eigenvalue weighted by molar-refractivity contribution is 8.05. The van der Waals surface area contributed by atoms with E-state index in [2.05, 4.69) is 0 Å². The molecule has 0 bridgehead atoms. The molecule has 0 aromatic heterocycles. The van der Waals surface area contributed by atoms with Crippen molar-refractivity contribution in [1.82, 2.24) is 0 Å². The molecule has 0 saturated carbocycles. The third-order valence-electron chi connectivity index (χ3n) is 0.625. The van der Waals surface area contributed by atoms with Gasteiger partial charge < -0.3 is 0 Å². The smallest absolute Gasteiger partial charge is 0.186 e. The van der Waals surface area contributed by atoms with Crippen molar-refractivity contribution < 1.29 is 17.9 Å². The van der Waals surface area contributed by atoms with Gasteiger partial charge in [0.25, 0.3) is 0 Å². The van der Waals surface area contributed by atoms with Gasteiger partial charge in [0.2, 0.25) is 0 Å². The van der Waals surface area contributed by atoms with Gasteiger partial charge in [-0.15, -0.1) is 0 Å². The lowest BCUT2D eigenvalue weighted by molar-refractivity contribution is 0.281. The van der Waals surface area contributed by atoms with E-state index >= 15 is 0 Å². The molecule has 4 nitrogen and oxygen atoms in total. The molecule has 0 saturated heterocycles. The molecule has 3 N–H and O–H groups in total. The monoisotopic (exact) mass is 156 g/mol. The molecule has 0 atom stereocenters. The summed E-state index contributed by atoms with van der Waals surface area (Å²) >= 11 is 0. The van der Waals surface area contributed by atoms with Crippen LogP contribution in [0.2, 0.25) is 0 Å². The summed E-state index contributed by atoms with van der Waals surface area (Å²) in [5.74, 6) is -0.693. The van der Waals surface area contributed by atoms with Gasteiger partial charge in [0, 0.05) is 0 Å². The van der Waals surface area contributed by atoms with Crippen LogP contribution in [0.25, 0.3) is 0 Å². The Morgan fingerprint density at radius 2 is 1.67 bits per heavy atom. The highest BCUT2D eigenvalue weighted by atomic mass is 32.3. The van der Waals surface area contributed by atoms with Gasteiger partial charge in [-0.05, 0) is 5.92 Å². The van der Waals surface area contributed by atoms with Crippen LogP contribution < -0.4 is 0 Å². The second-order valence-electron chi connectivity index (χ2n) is 2.53. The van der Waals surface area contributed by atoms with Crippen molar-refractivity contribution in [2.75, 3.05) is 5.75 Å². The van der Waals surface area contributed by atoms with Gasteiger partial charge in [0.1, 0.15) is 0 Å². The number of hydrogen-bond acceptors (Lipinski definition) is 1. The quantitative estimate of drug-likeness (QED) is 0.554. The van der Waals surface area contributed by atoms with Crippen LogP contribution in [0.1, 0.15) is 13.8 Å². The van der Waals surface area contributed by atoms with Crippen molar-refractivity contribution in [2.45, 2.75) is 13.8 Å². The molecule has 0 fully saturated rings. The molecule has 0 unspecified atom stereocenters. The molecule has 9 heavy (non-hydrogen) atoms. The molecule has 0 aromatic carbocycles. The van der Waals surface area contributed by atoms with E-state index in [1.54, 1.807) is 13.8 Å². The molecule has 58 valence electrons. The minimum absolute atomic E-state index is 0.204. The third kappa shape index (κ3) is 8.03. The minimum Gasteiger partial charge on any atom is -0.289 e. The first-order chi connectivity index (χ1) is 3.67. The lowest BCUT2D eigenvalue weighted by Gasteiger charge is -2.24. The van der Waals surface area contributed by atoms with Crippen LogP contribution in [0.4, 0.5) is 0 Å². The summed E-state index contributed by atoms with van der Waals surface area (Å²) in [4.78, 5) is 0. The largest absolute Gasteiger partial charge is 0.289 e. The summed E-state index contributed by atoms with van der Waals surface area (Å²) in [5, 5.41) is 0. The zero-order valence-electron chi connectivity index (χ0n) is 5.44. The molecule has 0 aliphatic carbocycles. The van der Waals surface area contributed by atoms with Gasteiger partial charge in [-0.2, -0.15) is 0 Å². The Labute approximate surface area is 54.2 Å². The Kier molecular flexibility index (Phi) is 2.02. The molecule has 0 heterocycles. The SMILES string of the molecule is CC(C)CS(=O)(O)(O)O. The lowest BCUT2D eigenvalue weighted by Crippen LogP contribution is -2.36. The Bertz CT molecular complexity index is 145. The Hall–Kier alpha value is 0.0300. The molecule has 0 amide bonds. The summed E-state index contributed by atoms with van der Waals surface area (Å²) in [5.41, 5.74) is 0. The molecule has 0 aliphatic rings. The highest BCUT2D eigenvalue weighted by Gasteiger charge is 2.25. The second kappa shape index (κ2) is 2.02. The first-order valence-electron chi connectivity index (χ1n) is 2.57. The first-order valence-corrected chi connectivity index (χ1v) is 4.57. The normalized spacial score (nSPS) is 17.3. The predicted octanol–water partition coefficient (Wildman–Crippen LogP) is 0.881. The van der Waals surface area contributed by atoms with Crippen molar-refractivity contribution in [3.8, 4) is 0 Å². The van der Waals surface area contributed by atoms with Gasteiger partial charge in [0.05, 0.1) is 5.75 Å². The molecule has 0 aliphatic heterocycles. The van der Waals surface area contributed by atoms with Crippen LogP contribution >= 0.6 is 0 Å². The summed E-state index contributed by atoms with van der Waals surface area (Å²) in [6.07, 6.45) is 0. The van der Waals surface area contributed by atoms with Crippen molar-refractivity contribution in [3.63, 3.8) is 0 Å². The Morgan fingerprint density at radius 1 is 1.33 bits per heavy atom. The first kappa shape index (κ1) is 9.03. The molecule has 5 heteroatoms. The summed E-state index contributed by atoms with van der Waals surface area (Å²) in [6, 6.07) is 0. The van der Waals surface area contributed by atoms with Crippen LogP contribution in [0.15, 0.2) is 0 Å². The summed E-state index contributed by atoms with van der Waals surface area (Å²) in [7, 11) is -5.20. The molecule has 0 rings (SSSR count). The van der Waals surface area contributed by atoms with E-state index < -0.39 is 15.7 Å². The molecule has 0 radical (unpaired) electrons. The van der Waals surface area contributed by atoms with Gasteiger partial charge >= 0.3 is 0 Å². The van der Waals surface area contributed by atoms with E-state index in [0.717, 1.165) is 0 Å². The van der Waals surface area contributed by atoms with E-state index in [1.165, 1.54) is 0 Å². The van der Waals surface area contributed by atoms with Crippen LogP contribution in [0.5, 0.6) is 0 Å². The Balaban J connectivity index is 4.07. The zero-order chi connectivity index (χ0) is 7.73. The van der Waals surface area contributed by atoms with Crippen molar-refractivity contribution in [1.29, 1.82) is 0 Å². The Morgan fingerprint density at radius 3 is 1.67 bits per heavy atom. The maximum absolute atomic E-state index is 10.3. The summed E-state index contributed by atoms with van der Waals surface area (Å²) < 4.78 is 35.2. The molecule has 0 spiro atoms. The van der Waals surface area contributed by atoms with E-state index in [1.807, 2.05) is 0 Å². The van der Waals surface area contributed by atoms with Crippen molar-refractivity contribution >= 4 is 9.91 Å². The fraction of sp³-hybridized carbons (Fsp3) is 1.00. The van der Waals surface area contributed by atoms with E-state index in [9.17, 15) is 4.21 Å². The number of hydrogen-bond donors (Lipinski definition) is 3. The van der Waals surface area contributed by atoms with Crippen LogP contribution in [-0.2, 0) is 9.91 Å². The average molecular weight is 156 g/mol. The van der Waals surface area contributed by atoms with Gasteiger partial charge in [-0.3, -0.25) is 13.7 Å². The predicted molar refractivity (Wildman–Crippen MR) is 35.7 cm³/mol. The van der Waals surface area contributed by atoms with E-state index in [-0.39, 0.29) is 5.92 Å². The topological polar surface area (TPSA) is 77.8 Å². The second-order valence-corrected chi connectivity index (χ2v) is 4.81. The van der Waals surface area contributed by atoms with E-state index in [4.69, 9.17) is 13.7 Å². The van der Waals surface area contributed by atoms with Crippen LogP contribution in [0, 0.1) is 5.92 Å². The van der Waals surface area contributed by atoms with Crippen LogP contribution in [-0.4, -0.2) is 23.6 Å². The van der Waals surface area contributed by atoms with Gasteiger partial charge in [-0.25, -0.2) is 4.21 Å². The number of rotatable bonds is 2. The lowest BCUT2D eigenvalue weighted by atomic mass is 10.3. The van der Waals surface area contributed by atoms with Gasteiger partial charge in [-0.1, -0.05) is 13.8 Å².